The van der Waals surface area contributed by atoms with Crippen LogP contribution in [0.15, 0.2) is 12.3 Å². The molecule has 1 aromatic rings. The van der Waals surface area contributed by atoms with Gasteiger partial charge in [-0.3, -0.25) is 0 Å². The van der Waals surface area contributed by atoms with Crippen molar-refractivity contribution in [1.82, 2.24) is 4.98 Å². The van der Waals surface area contributed by atoms with Crippen LogP contribution in [0.25, 0.3) is 0 Å². The van der Waals surface area contributed by atoms with Gasteiger partial charge in [0.1, 0.15) is 11.6 Å². The van der Waals surface area contributed by atoms with Crippen molar-refractivity contribution in [1.29, 1.82) is 0 Å². The van der Waals surface area contributed by atoms with Crippen LogP contribution in [-0.2, 0) is 6.54 Å². The average Bonchev–Trinajstić information content (AvgIpc) is 2.58. The minimum Gasteiger partial charge on any atom is -0.351 e. The summed E-state index contributed by atoms with van der Waals surface area (Å²) < 4.78 is 13.1. The molecule has 3 nitrogen and oxygen atoms in total. The van der Waals surface area contributed by atoms with Crippen molar-refractivity contribution in [2.45, 2.75) is 38.8 Å². The van der Waals surface area contributed by atoms with E-state index in [1.807, 2.05) is 0 Å². The zero-order valence-corrected chi connectivity index (χ0v) is 9.83. The number of hydrogen-bond acceptors (Lipinski definition) is 3. The Morgan fingerprint density at radius 3 is 2.88 bits per heavy atom. The quantitative estimate of drug-likeness (QED) is 0.834. The lowest BCUT2D eigenvalue weighted by Crippen LogP contribution is -2.39. The number of rotatable bonds is 2. The second-order valence-electron chi connectivity index (χ2n) is 4.91. The number of nitrogens with zero attached hydrogens (tertiary/aromatic N) is 2. The van der Waals surface area contributed by atoms with E-state index in [9.17, 15) is 4.39 Å². The molecule has 0 bridgehead atoms. The second kappa shape index (κ2) is 4.01. The summed E-state index contributed by atoms with van der Waals surface area (Å²) in [5.74, 6) is 0.521. The van der Waals surface area contributed by atoms with Crippen molar-refractivity contribution in [3.8, 4) is 0 Å². The predicted molar refractivity (Wildman–Crippen MR) is 62.7 cm³/mol. The van der Waals surface area contributed by atoms with Crippen LogP contribution in [0.1, 0.15) is 32.3 Å². The molecule has 2 rings (SSSR count). The third kappa shape index (κ3) is 1.89. The molecule has 4 heteroatoms. The molecule has 0 aliphatic carbocycles. The SMILES string of the molecule is CC1(C)CCCN1c1ncc(F)cc1CN. The smallest absolute Gasteiger partial charge is 0.141 e. The molecule has 1 saturated heterocycles. The average molecular weight is 223 g/mol. The van der Waals surface area contributed by atoms with Crippen LogP contribution in [0.4, 0.5) is 10.2 Å². The zero-order valence-electron chi connectivity index (χ0n) is 9.83. The molecule has 0 unspecified atom stereocenters. The molecular weight excluding hydrogens is 205 g/mol. The van der Waals surface area contributed by atoms with Crippen molar-refractivity contribution >= 4 is 5.82 Å². The molecule has 1 aliphatic heterocycles. The lowest BCUT2D eigenvalue weighted by Gasteiger charge is -2.33. The Bertz CT molecular complexity index is 390. The van der Waals surface area contributed by atoms with E-state index in [1.165, 1.54) is 12.3 Å². The van der Waals surface area contributed by atoms with Gasteiger partial charge < -0.3 is 10.6 Å². The fraction of sp³-hybridized carbons (Fsp3) is 0.583. The Morgan fingerprint density at radius 1 is 1.56 bits per heavy atom. The third-order valence-corrected chi connectivity index (χ3v) is 3.29. The normalized spacial score (nSPS) is 19.1. The van der Waals surface area contributed by atoms with Gasteiger partial charge in [0.05, 0.1) is 6.20 Å². The summed E-state index contributed by atoms with van der Waals surface area (Å²) in [6.45, 7) is 5.67. The van der Waals surface area contributed by atoms with Gasteiger partial charge in [-0.25, -0.2) is 9.37 Å². The van der Waals surface area contributed by atoms with E-state index < -0.39 is 0 Å². The van der Waals surface area contributed by atoms with Gasteiger partial charge in [0.15, 0.2) is 0 Å². The maximum absolute atomic E-state index is 13.1. The largest absolute Gasteiger partial charge is 0.351 e. The molecule has 0 spiro atoms. The number of hydrogen-bond donors (Lipinski definition) is 1. The lowest BCUT2D eigenvalue weighted by molar-refractivity contribution is 0.511. The Kier molecular flexibility index (Phi) is 2.84. The highest BCUT2D eigenvalue weighted by Crippen LogP contribution is 2.34. The first-order chi connectivity index (χ1) is 7.54. The van der Waals surface area contributed by atoms with E-state index in [0.29, 0.717) is 6.54 Å². The van der Waals surface area contributed by atoms with Crippen LogP contribution in [-0.4, -0.2) is 17.1 Å². The molecule has 0 amide bonds. The van der Waals surface area contributed by atoms with Crippen molar-refractivity contribution in [3.63, 3.8) is 0 Å². The van der Waals surface area contributed by atoms with Crippen LogP contribution in [0, 0.1) is 5.82 Å². The fourth-order valence-electron chi connectivity index (χ4n) is 2.37. The minimum absolute atomic E-state index is 0.0920. The van der Waals surface area contributed by atoms with Crippen molar-refractivity contribution in [2.24, 2.45) is 5.73 Å². The number of aromatic nitrogens is 1. The molecule has 1 aliphatic rings. The highest BCUT2D eigenvalue weighted by atomic mass is 19.1. The summed E-state index contributed by atoms with van der Waals surface area (Å²) in [6.07, 6.45) is 3.55. The van der Waals surface area contributed by atoms with Crippen molar-refractivity contribution in [2.75, 3.05) is 11.4 Å². The van der Waals surface area contributed by atoms with Gasteiger partial charge in [0, 0.05) is 24.2 Å². The Labute approximate surface area is 95.5 Å². The summed E-state index contributed by atoms with van der Waals surface area (Å²) in [5.41, 5.74) is 6.52. The van der Waals surface area contributed by atoms with Crippen LogP contribution >= 0.6 is 0 Å². The number of nitrogens with two attached hydrogens (primary N) is 1. The monoisotopic (exact) mass is 223 g/mol. The lowest BCUT2D eigenvalue weighted by atomic mass is 10.0. The summed E-state index contributed by atoms with van der Waals surface area (Å²) >= 11 is 0. The van der Waals surface area contributed by atoms with Crippen molar-refractivity contribution < 1.29 is 4.39 Å². The van der Waals surface area contributed by atoms with Gasteiger partial charge in [0.25, 0.3) is 0 Å². The molecule has 0 atom stereocenters. The van der Waals surface area contributed by atoms with Gasteiger partial charge in [-0.2, -0.15) is 0 Å². The number of anilines is 1. The first-order valence-corrected chi connectivity index (χ1v) is 5.67. The van der Waals surface area contributed by atoms with E-state index in [4.69, 9.17) is 5.73 Å². The van der Waals surface area contributed by atoms with E-state index in [1.54, 1.807) is 0 Å². The Hall–Kier alpha value is -1.16. The first kappa shape index (κ1) is 11.3. The highest BCUT2D eigenvalue weighted by molar-refractivity contribution is 5.50. The maximum atomic E-state index is 13.1. The molecule has 1 aromatic heterocycles. The summed E-state index contributed by atoms with van der Waals surface area (Å²) in [4.78, 5) is 6.43. The second-order valence-corrected chi connectivity index (χ2v) is 4.91. The fourth-order valence-corrected chi connectivity index (χ4v) is 2.37. The van der Waals surface area contributed by atoms with E-state index in [-0.39, 0.29) is 11.4 Å². The third-order valence-electron chi connectivity index (χ3n) is 3.29. The highest BCUT2D eigenvalue weighted by Gasteiger charge is 2.33. The maximum Gasteiger partial charge on any atom is 0.141 e. The molecule has 1 fully saturated rings. The standard InChI is InChI=1S/C12H18FN3/c1-12(2)4-3-5-16(12)11-9(7-14)6-10(13)8-15-11/h6,8H,3-5,7,14H2,1-2H3. The summed E-state index contributed by atoms with van der Waals surface area (Å²) in [6, 6.07) is 1.48. The molecular formula is C12H18FN3. The molecule has 2 heterocycles. The molecule has 88 valence electrons. The van der Waals surface area contributed by atoms with E-state index >= 15 is 0 Å². The van der Waals surface area contributed by atoms with Crippen LogP contribution in [0.2, 0.25) is 0 Å². The first-order valence-electron chi connectivity index (χ1n) is 5.67. The molecule has 0 saturated carbocycles. The summed E-state index contributed by atoms with van der Waals surface area (Å²) in [5, 5.41) is 0. The molecule has 2 N–H and O–H groups in total. The van der Waals surface area contributed by atoms with Gasteiger partial charge in [-0.1, -0.05) is 0 Å². The minimum atomic E-state index is -0.318. The van der Waals surface area contributed by atoms with Gasteiger partial charge in [0.2, 0.25) is 0 Å². The van der Waals surface area contributed by atoms with Crippen LogP contribution < -0.4 is 10.6 Å². The van der Waals surface area contributed by atoms with Gasteiger partial charge in [-0.15, -0.1) is 0 Å². The van der Waals surface area contributed by atoms with Crippen LogP contribution in [0.5, 0.6) is 0 Å². The molecule has 0 aromatic carbocycles. The number of pyridine rings is 1. The molecule has 0 radical (unpaired) electrons. The summed E-state index contributed by atoms with van der Waals surface area (Å²) in [7, 11) is 0. The predicted octanol–water partition coefficient (Wildman–Crippen LogP) is 2.06. The van der Waals surface area contributed by atoms with E-state index in [0.717, 1.165) is 30.8 Å². The van der Waals surface area contributed by atoms with Gasteiger partial charge >= 0.3 is 0 Å². The number of halogens is 1. The van der Waals surface area contributed by atoms with Gasteiger partial charge in [-0.05, 0) is 32.8 Å². The van der Waals surface area contributed by atoms with Crippen molar-refractivity contribution in [3.05, 3.63) is 23.6 Å². The Balaban J connectivity index is 2.40. The Morgan fingerprint density at radius 2 is 2.31 bits per heavy atom. The van der Waals surface area contributed by atoms with E-state index in [2.05, 4.69) is 23.7 Å². The topological polar surface area (TPSA) is 42.2 Å². The van der Waals surface area contributed by atoms with Crippen LogP contribution in [0.3, 0.4) is 0 Å². The zero-order chi connectivity index (χ0) is 11.8. The molecule has 16 heavy (non-hydrogen) atoms.